The third-order valence-electron chi connectivity index (χ3n) is 2.07. The summed E-state index contributed by atoms with van der Waals surface area (Å²) in [5.74, 6) is 1.42. The minimum atomic E-state index is 0.668. The summed E-state index contributed by atoms with van der Waals surface area (Å²) in [4.78, 5) is 4.16. The minimum absolute atomic E-state index is 0.668. The van der Waals surface area contributed by atoms with E-state index < -0.39 is 0 Å². The molecule has 1 N–H and O–H groups in total. The molecule has 0 aromatic carbocycles. The smallest absolute Gasteiger partial charge is 0.182 e. The SMILES string of the molecule is CCC(CCCl)CNc1nccs1. The van der Waals surface area contributed by atoms with E-state index in [0.717, 1.165) is 24.0 Å². The lowest BCUT2D eigenvalue weighted by Gasteiger charge is -2.13. The highest BCUT2D eigenvalue weighted by molar-refractivity contribution is 7.13. The average Bonchev–Trinajstić information content (AvgIpc) is 2.64. The largest absolute Gasteiger partial charge is 0.361 e. The molecule has 1 atom stereocenters. The zero-order valence-electron chi connectivity index (χ0n) is 7.79. The first kappa shape index (κ1) is 10.8. The van der Waals surface area contributed by atoms with Gasteiger partial charge in [0.25, 0.3) is 0 Å². The van der Waals surface area contributed by atoms with Crippen LogP contribution in [0.2, 0.25) is 0 Å². The van der Waals surface area contributed by atoms with Crippen molar-refractivity contribution in [1.82, 2.24) is 4.98 Å². The Labute approximate surface area is 88.3 Å². The summed E-state index contributed by atoms with van der Waals surface area (Å²) in [6.45, 7) is 3.18. The molecule has 1 heterocycles. The molecule has 74 valence electrons. The highest BCUT2D eigenvalue weighted by Gasteiger charge is 2.05. The Balaban J connectivity index is 2.23. The predicted molar refractivity (Wildman–Crippen MR) is 59.7 cm³/mol. The van der Waals surface area contributed by atoms with Gasteiger partial charge in [-0.2, -0.15) is 0 Å². The molecule has 13 heavy (non-hydrogen) atoms. The van der Waals surface area contributed by atoms with Gasteiger partial charge in [0, 0.05) is 24.0 Å². The van der Waals surface area contributed by atoms with E-state index in [1.165, 1.54) is 6.42 Å². The lowest BCUT2D eigenvalue weighted by atomic mass is 10.0. The zero-order valence-corrected chi connectivity index (χ0v) is 9.37. The summed E-state index contributed by atoms with van der Waals surface area (Å²) in [6, 6.07) is 0. The molecule has 0 bridgehead atoms. The van der Waals surface area contributed by atoms with Crippen LogP contribution < -0.4 is 5.32 Å². The predicted octanol–water partition coefficient (Wildman–Crippen LogP) is 3.21. The number of nitrogens with one attached hydrogen (secondary N) is 1. The molecule has 0 spiro atoms. The fourth-order valence-corrected chi connectivity index (χ4v) is 1.99. The number of nitrogens with zero attached hydrogens (tertiary/aromatic N) is 1. The summed E-state index contributed by atoms with van der Waals surface area (Å²) in [7, 11) is 0. The van der Waals surface area contributed by atoms with Crippen molar-refractivity contribution < 1.29 is 0 Å². The number of hydrogen-bond acceptors (Lipinski definition) is 3. The maximum Gasteiger partial charge on any atom is 0.182 e. The first-order valence-electron chi connectivity index (χ1n) is 4.56. The van der Waals surface area contributed by atoms with Gasteiger partial charge in [-0.1, -0.05) is 13.3 Å². The third kappa shape index (κ3) is 3.96. The van der Waals surface area contributed by atoms with Gasteiger partial charge < -0.3 is 5.32 Å². The van der Waals surface area contributed by atoms with Crippen molar-refractivity contribution in [3.8, 4) is 0 Å². The summed E-state index contributed by atoms with van der Waals surface area (Å²) >= 11 is 7.33. The van der Waals surface area contributed by atoms with E-state index in [-0.39, 0.29) is 0 Å². The van der Waals surface area contributed by atoms with Gasteiger partial charge in [0.05, 0.1) is 0 Å². The van der Waals surface area contributed by atoms with Crippen LogP contribution >= 0.6 is 22.9 Å². The maximum absolute atomic E-state index is 5.69. The molecule has 0 saturated heterocycles. The fraction of sp³-hybridized carbons (Fsp3) is 0.667. The number of alkyl halides is 1. The van der Waals surface area contributed by atoms with Gasteiger partial charge in [-0.15, -0.1) is 22.9 Å². The van der Waals surface area contributed by atoms with Crippen LogP contribution in [0.25, 0.3) is 0 Å². The summed E-state index contributed by atoms with van der Waals surface area (Å²) in [6.07, 6.45) is 4.07. The fourth-order valence-electron chi connectivity index (χ4n) is 1.15. The minimum Gasteiger partial charge on any atom is -0.361 e. The van der Waals surface area contributed by atoms with Crippen molar-refractivity contribution in [1.29, 1.82) is 0 Å². The number of halogens is 1. The van der Waals surface area contributed by atoms with Gasteiger partial charge in [0.1, 0.15) is 0 Å². The molecule has 1 aromatic rings. The first-order valence-corrected chi connectivity index (χ1v) is 5.97. The molecule has 0 radical (unpaired) electrons. The summed E-state index contributed by atoms with van der Waals surface area (Å²) in [5.41, 5.74) is 0. The van der Waals surface area contributed by atoms with Crippen molar-refractivity contribution in [3.05, 3.63) is 11.6 Å². The molecule has 4 heteroatoms. The Kier molecular flexibility index (Phi) is 5.16. The normalized spacial score (nSPS) is 12.8. The Morgan fingerprint density at radius 2 is 2.54 bits per heavy atom. The van der Waals surface area contributed by atoms with Crippen LogP contribution in [0.1, 0.15) is 19.8 Å². The maximum atomic E-state index is 5.69. The second-order valence-electron chi connectivity index (χ2n) is 2.97. The molecular weight excluding hydrogens is 204 g/mol. The quantitative estimate of drug-likeness (QED) is 0.742. The van der Waals surface area contributed by atoms with Crippen LogP contribution in [-0.4, -0.2) is 17.4 Å². The highest BCUT2D eigenvalue weighted by Crippen LogP contribution is 2.14. The molecule has 0 saturated carbocycles. The second kappa shape index (κ2) is 6.22. The average molecular weight is 219 g/mol. The second-order valence-corrected chi connectivity index (χ2v) is 4.24. The molecule has 1 unspecified atom stereocenters. The molecule has 1 aromatic heterocycles. The van der Waals surface area contributed by atoms with Crippen LogP contribution in [0.5, 0.6) is 0 Å². The highest BCUT2D eigenvalue weighted by atomic mass is 35.5. The van der Waals surface area contributed by atoms with E-state index in [9.17, 15) is 0 Å². The van der Waals surface area contributed by atoms with Crippen LogP contribution in [-0.2, 0) is 0 Å². The molecule has 1 rings (SSSR count). The van der Waals surface area contributed by atoms with Gasteiger partial charge in [0.15, 0.2) is 5.13 Å². The molecule has 0 aliphatic rings. The van der Waals surface area contributed by atoms with Gasteiger partial charge in [0.2, 0.25) is 0 Å². The standard InChI is InChI=1S/C9H15ClN2S/c1-2-8(3-4-10)7-12-9-11-5-6-13-9/h5-6,8H,2-4,7H2,1H3,(H,11,12). The van der Waals surface area contributed by atoms with Crippen molar-refractivity contribution in [2.24, 2.45) is 5.92 Å². The number of aromatic nitrogens is 1. The zero-order chi connectivity index (χ0) is 9.52. The monoisotopic (exact) mass is 218 g/mol. The third-order valence-corrected chi connectivity index (χ3v) is 3.02. The summed E-state index contributed by atoms with van der Waals surface area (Å²) in [5, 5.41) is 6.29. The van der Waals surface area contributed by atoms with Gasteiger partial charge in [-0.05, 0) is 12.3 Å². The number of rotatable bonds is 6. The Morgan fingerprint density at radius 3 is 3.08 bits per heavy atom. The molecule has 0 fully saturated rings. The molecular formula is C9H15ClN2S. The van der Waals surface area contributed by atoms with E-state index in [4.69, 9.17) is 11.6 Å². The van der Waals surface area contributed by atoms with Crippen LogP contribution in [0, 0.1) is 5.92 Å². The van der Waals surface area contributed by atoms with Crippen molar-refractivity contribution >= 4 is 28.1 Å². The number of hydrogen-bond donors (Lipinski definition) is 1. The van der Waals surface area contributed by atoms with Gasteiger partial charge in [-0.3, -0.25) is 0 Å². The van der Waals surface area contributed by atoms with Crippen molar-refractivity contribution in [2.75, 3.05) is 17.7 Å². The van der Waals surface area contributed by atoms with E-state index in [2.05, 4.69) is 17.2 Å². The van der Waals surface area contributed by atoms with Crippen LogP contribution in [0.3, 0.4) is 0 Å². The lowest BCUT2D eigenvalue weighted by molar-refractivity contribution is 0.522. The van der Waals surface area contributed by atoms with E-state index in [1.807, 2.05) is 11.6 Å². The van der Waals surface area contributed by atoms with Crippen LogP contribution in [0.15, 0.2) is 11.6 Å². The molecule has 0 amide bonds. The molecule has 2 nitrogen and oxygen atoms in total. The Morgan fingerprint density at radius 1 is 1.69 bits per heavy atom. The summed E-state index contributed by atoms with van der Waals surface area (Å²) < 4.78 is 0. The van der Waals surface area contributed by atoms with Gasteiger partial charge >= 0.3 is 0 Å². The number of thiazole rings is 1. The topological polar surface area (TPSA) is 24.9 Å². The Hall–Kier alpha value is -0.280. The molecule has 0 aliphatic carbocycles. The van der Waals surface area contributed by atoms with E-state index >= 15 is 0 Å². The number of anilines is 1. The Bertz CT molecular complexity index is 213. The van der Waals surface area contributed by atoms with E-state index in [1.54, 1.807) is 11.3 Å². The van der Waals surface area contributed by atoms with Crippen LogP contribution in [0.4, 0.5) is 5.13 Å². The first-order chi connectivity index (χ1) is 6.36. The van der Waals surface area contributed by atoms with Crippen molar-refractivity contribution in [2.45, 2.75) is 19.8 Å². The van der Waals surface area contributed by atoms with Gasteiger partial charge in [-0.25, -0.2) is 4.98 Å². The lowest BCUT2D eigenvalue weighted by Crippen LogP contribution is -2.13. The molecule has 0 aliphatic heterocycles. The van der Waals surface area contributed by atoms with E-state index in [0.29, 0.717) is 5.92 Å². The van der Waals surface area contributed by atoms with Crippen molar-refractivity contribution in [3.63, 3.8) is 0 Å².